The number of hydrogen-bond acceptors (Lipinski definition) is 5. The van der Waals surface area contributed by atoms with Gasteiger partial charge >= 0.3 is 0 Å². The highest BCUT2D eigenvalue weighted by Crippen LogP contribution is 2.24. The summed E-state index contributed by atoms with van der Waals surface area (Å²) in [7, 11) is -3.97. The molecule has 0 aromatic heterocycles. The third kappa shape index (κ3) is 6.55. The second-order valence-electron chi connectivity index (χ2n) is 7.63. The maximum atomic E-state index is 13.4. The molecule has 0 spiro atoms. The Hall–Kier alpha value is -3.91. The molecule has 0 heterocycles. The summed E-state index contributed by atoms with van der Waals surface area (Å²) in [6, 6.07) is 20.6. The van der Waals surface area contributed by atoms with Crippen molar-refractivity contribution in [1.29, 1.82) is 0 Å². The zero-order valence-electron chi connectivity index (χ0n) is 19.1. The molecule has 0 aliphatic carbocycles. The molecule has 3 rings (SSSR count). The number of nitrogens with zero attached hydrogens (tertiary/aromatic N) is 2. The molecule has 0 saturated heterocycles. The van der Waals surface area contributed by atoms with E-state index in [1.807, 2.05) is 13.8 Å². The van der Waals surface area contributed by atoms with Gasteiger partial charge in [-0.05, 0) is 55.8 Å². The minimum atomic E-state index is -3.97. The van der Waals surface area contributed by atoms with Crippen molar-refractivity contribution in [2.75, 3.05) is 17.5 Å². The van der Waals surface area contributed by atoms with E-state index in [1.54, 1.807) is 66.7 Å². The van der Waals surface area contributed by atoms with Crippen LogP contribution in [0.2, 0.25) is 0 Å². The summed E-state index contributed by atoms with van der Waals surface area (Å²) in [5.41, 5.74) is 5.42. The van der Waals surface area contributed by atoms with Crippen LogP contribution in [-0.2, 0) is 14.8 Å². The van der Waals surface area contributed by atoms with E-state index >= 15 is 0 Å². The lowest BCUT2D eigenvalue weighted by Gasteiger charge is -2.24. The van der Waals surface area contributed by atoms with Gasteiger partial charge < -0.3 is 4.74 Å². The summed E-state index contributed by atoms with van der Waals surface area (Å²) in [6.07, 6.45) is 3.11. The fourth-order valence-electron chi connectivity index (χ4n) is 3.05. The van der Waals surface area contributed by atoms with Gasteiger partial charge in [0.15, 0.2) is 0 Å². The molecule has 0 unspecified atom stereocenters. The largest absolute Gasteiger partial charge is 0.490 e. The molecule has 0 atom stereocenters. The molecule has 0 aliphatic rings. The van der Waals surface area contributed by atoms with Gasteiger partial charge in [-0.15, -0.1) is 0 Å². The number of carbonyl (C=O) groups excluding carboxylic acids is 1. The molecule has 3 aromatic rings. The molecule has 8 heteroatoms. The van der Waals surface area contributed by atoms with Gasteiger partial charge in [0.05, 0.1) is 16.8 Å². The van der Waals surface area contributed by atoms with Gasteiger partial charge in [0.1, 0.15) is 18.9 Å². The van der Waals surface area contributed by atoms with E-state index in [4.69, 9.17) is 4.74 Å². The fraction of sp³-hybridized carbons (Fsp3) is 0.154. The molecule has 176 valence electrons. The summed E-state index contributed by atoms with van der Waals surface area (Å²) in [5.74, 6) is 0.0662. The van der Waals surface area contributed by atoms with Crippen LogP contribution in [0.1, 0.15) is 16.7 Å². The molecule has 0 radical (unpaired) electrons. The first-order chi connectivity index (χ1) is 16.3. The molecular weight excluding hydrogens is 450 g/mol. The number of carbonyl (C=O) groups is 1. The topological polar surface area (TPSA) is 88.1 Å². The Morgan fingerprint density at radius 3 is 2.32 bits per heavy atom. The zero-order valence-corrected chi connectivity index (χ0v) is 20.0. The minimum absolute atomic E-state index is 0.103. The van der Waals surface area contributed by atoms with E-state index in [0.29, 0.717) is 23.6 Å². The number of hydrogen-bond donors (Lipinski definition) is 1. The minimum Gasteiger partial charge on any atom is -0.490 e. The van der Waals surface area contributed by atoms with Crippen molar-refractivity contribution in [3.05, 3.63) is 102 Å². The molecule has 7 nitrogen and oxygen atoms in total. The van der Waals surface area contributed by atoms with Gasteiger partial charge in [0, 0.05) is 0 Å². The second kappa shape index (κ2) is 11.3. The lowest BCUT2D eigenvalue weighted by molar-refractivity contribution is -0.119. The molecule has 1 N–H and O–H groups in total. The first-order valence-electron chi connectivity index (χ1n) is 10.6. The number of aryl methyl sites for hydroxylation is 2. The Balaban J connectivity index is 1.78. The van der Waals surface area contributed by atoms with Crippen LogP contribution in [0.3, 0.4) is 0 Å². The number of rotatable bonds is 10. The van der Waals surface area contributed by atoms with Gasteiger partial charge in [0.25, 0.3) is 15.9 Å². The zero-order chi connectivity index (χ0) is 24.6. The van der Waals surface area contributed by atoms with Crippen LogP contribution in [0.5, 0.6) is 5.75 Å². The van der Waals surface area contributed by atoms with Crippen LogP contribution < -0.4 is 14.5 Å². The second-order valence-corrected chi connectivity index (χ2v) is 9.49. The van der Waals surface area contributed by atoms with Gasteiger partial charge in [0.2, 0.25) is 0 Å². The molecule has 3 aromatic carbocycles. The number of benzene rings is 3. The van der Waals surface area contributed by atoms with Crippen molar-refractivity contribution >= 4 is 27.8 Å². The van der Waals surface area contributed by atoms with E-state index in [-0.39, 0.29) is 4.90 Å². The number of amides is 1. The van der Waals surface area contributed by atoms with Crippen molar-refractivity contribution in [2.24, 2.45) is 5.10 Å². The number of ether oxygens (including phenoxy) is 1. The smallest absolute Gasteiger partial charge is 0.264 e. The van der Waals surface area contributed by atoms with E-state index < -0.39 is 22.5 Å². The summed E-state index contributed by atoms with van der Waals surface area (Å²) in [4.78, 5) is 12.8. The molecule has 1 amide bonds. The molecule has 0 saturated carbocycles. The maximum absolute atomic E-state index is 13.4. The van der Waals surface area contributed by atoms with Crippen molar-refractivity contribution in [3.63, 3.8) is 0 Å². The monoisotopic (exact) mass is 477 g/mol. The highest BCUT2D eigenvalue weighted by Gasteiger charge is 2.27. The predicted molar refractivity (Wildman–Crippen MR) is 135 cm³/mol. The Kier molecular flexibility index (Phi) is 8.21. The van der Waals surface area contributed by atoms with Crippen molar-refractivity contribution in [2.45, 2.75) is 18.7 Å². The molecule has 0 fully saturated rings. The average Bonchev–Trinajstić information content (AvgIpc) is 2.82. The average molecular weight is 478 g/mol. The number of nitrogens with one attached hydrogen (secondary N) is 1. The van der Waals surface area contributed by atoms with Gasteiger partial charge in [-0.1, -0.05) is 60.2 Å². The number of anilines is 1. The Morgan fingerprint density at radius 2 is 1.68 bits per heavy atom. The van der Waals surface area contributed by atoms with E-state index in [1.165, 1.54) is 18.3 Å². The van der Waals surface area contributed by atoms with E-state index in [0.717, 1.165) is 15.4 Å². The van der Waals surface area contributed by atoms with E-state index in [9.17, 15) is 13.2 Å². The first kappa shape index (κ1) is 24.7. The van der Waals surface area contributed by atoms with Gasteiger partial charge in [-0.2, -0.15) is 5.10 Å². The Labute approximate surface area is 200 Å². The van der Waals surface area contributed by atoms with Gasteiger partial charge in [-0.25, -0.2) is 13.8 Å². The fourth-order valence-corrected chi connectivity index (χ4v) is 4.47. The molecule has 0 bridgehead atoms. The van der Waals surface area contributed by atoms with Crippen molar-refractivity contribution in [1.82, 2.24) is 5.43 Å². The van der Waals surface area contributed by atoms with Gasteiger partial charge in [-0.3, -0.25) is 9.10 Å². The van der Waals surface area contributed by atoms with Crippen LogP contribution in [0.25, 0.3) is 0 Å². The maximum Gasteiger partial charge on any atom is 0.264 e. The van der Waals surface area contributed by atoms with Crippen LogP contribution >= 0.6 is 0 Å². The van der Waals surface area contributed by atoms with Crippen molar-refractivity contribution in [3.8, 4) is 5.75 Å². The van der Waals surface area contributed by atoms with Crippen LogP contribution in [0, 0.1) is 13.8 Å². The van der Waals surface area contributed by atoms with Crippen molar-refractivity contribution < 1.29 is 17.9 Å². The standard InChI is InChI=1S/C26H27N3O4S/c1-4-16-33-24-7-5-6-22(17-24)18-27-28-26(30)19-29(23-12-8-20(2)9-13-23)34(31,32)25-14-10-21(3)11-15-25/h4-15,17-18H,1,16,19H2,2-3H3,(H,28,30)/b27-18-. The molecule has 34 heavy (non-hydrogen) atoms. The summed E-state index contributed by atoms with van der Waals surface area (Å²) < 4.78 is 33.3. The quantitative estimate of drug-likeness (QED) is 0.269. The summed E-state index contributed by atoms with van der Waals surface area (Å²) >= 11 is 0. The predicted octanol–water partition coefficient (Wildman–Crippen LogP) is 4.21. The lowest BCUT2D eigenvalue weighted by Crippen LogP contribution is -2.39. The highest BCUT2D eigenvalue weighted by atomic mass is 32.2. The third-order valence-corrected chi connectivity index (χ3v) is 6.64. The van der Waals surface area contributed by atoms with Crippen LogP contribution in [0.4, 0.5) is 5.69 Å². The number of sulfonamides is 1. The molecule has 0 aliphatic heterocycles. The SMILES string of the molecule is C=CCOc1cccc(/C=N\NC(=O)CN(c2ccc(C)cc2)S(=O)(=O)c2ccc(C)cc2)c1. The normalized spacial score (nSPS) is 11.2. The lowest BCUT2D eigenvalue weighted by atomic mass is 10.2. The summed E-state index contributed by atoms with van der Waals surface area (Å²) in [6.45, 7) is 7.34. The first-order valence-corrected chi connectivity index (χ1v) is 12.1. The van der Waals surface area contributed by atoms with Crippen LogP contribution in [0.15, 0.2) is 95.4 Å². The summed E-state index contributed by atoms with van der Waals surface area (Å²) in [5, 5.41) is 3.97. The van der Waals surface area contributed by atoms with E-state index in [2.05, 4.69) is 17.1 Å². The Bertz CT molecular complexity index is 1270. The highest BCUT2D eigenvalue weighted by molar-refractivity contribution is 7.92. The molecular formula is C26H27N3O4S. The third-order valence-electron chi connectivity index (χ3n) is 4.85. The number of hydrazone groups is 1. The Morgan fingerprint density at radius 1 is 1.03 bits per heavy atom. The van der Waals surface area contributed by atoms with Crippen LogP contribution in [-0.4, -0.2) is 33.7 Å².